The monoisotopic (exact) mass is 373 g/mol. The van der Waals surface area contributed by atoms with Crippen molar-refractivity contribution in [2.45, 2.75) is 13.0 Å². The summed E-state index contributed by atoms with van der Waals surface area (Å²) in [5.74, 6) is 1.16. The number of nitrogens with one attached hydrogen (secondary N) is 1. The maximum absolute atomic E-state index is 12.0. The fourth-order valence-electron chi connectivity index (χ4n) is 2.28. The maximum Gasteiger partial charge on any atom is 0.258 e. The molecule has 3 aromatic rings. The van der Waals surface area contributed by atoms with E-state index in [0.29, 0.717) is 5.75 Å². The van der Waals surface area contributed by atoms with E-state index >= 15 is 0 Å². The van der Waals surface area contributed by atoms with Gasteiger partial charge in [-0.2, -0.15) is 0 Å². The Labute approximate surface area is 142 Å². The zero-order chi connectivity index (χ0) is 16.2. The Hall–Kier alpha value is -2.27. The molecular formula is C18H16BrNO3. The van der Waals surface area contributed by atoms with Crippen molar-refractivity contribution in [3.8, 4) is 5.75 Å². The molecule has 0 saturated heterocycles. The van der Waals surface area contributed by atoms with Crippen LogP contribution in [0.2, 0.25) is 0 Å². The number of hydrogen-bond donors (Lipinski definition) is 1. The van der Waals surface area contributed by atoms with Crippen molar-refractivity contribution in [3.05, 3.63) is 64.8 Å². The SMILES string of the molecule is CC(NC(=O)COc1ccccc1Br)c1cc2ccccc2o1. The number of carbonyl (C=O) groups is 1. The molecule has 4 nitrogen and oxygen atoms in total. The molecule has 0 fully saturated rings. The summed E-state index contributed by atoms with van der Waals surface area (Å²) in [4.78, 5) is 12.0. The van der Waals surface area contributed by atoms with Crippen molar-refractivity contribution in [3.63, 3.8) is 0 Å². The Morgan fingerprint density at radius 1 is 1.22 bits per heavy atom. The minimum absolute atomic E-state index is 0.0484. The molecule has 1 aromatic heterocycles. The van der Waals surface area contributed by atoms with Gasteiger partial charge in [0.05, 0.1) is 10.5 Å². The van der Waals surface area contributed by atoms with Gasteiger partial charge in [0, 0.05) is 5.39 Å². The van der Waals surface area contributed by atoms with E-state index in [9.17, 15) is 4.79 Å². The molecule has 3 rings (SSSR count). The van der Waals surface area contributed by atoms with E-state index in [1.165, 1.54) is 0 Å². The van der Waals surface area contributed by atoms with Crippen molar-refractivity contribution < 1.29 is 13.9 Å². The lowest BCUT2D eigenvalue weighted by Crippen LogP contribution is -2.31. The highest BCUT2D eigenvalue weighted by molar-refractivity contribution is 9.10. The first kappa shape index (κ1) is 15.6. The molecule has 0 saturated carbocycles. The van der Waals surface area contributed by atoms with Gasteiger partial charge in [0.1, 0.15) is 17.1 Å². The van der Waals surface area contributed by atoms with Crippen molar-refractivity contribution >= 4 is 32.8 Å². The van der Waals surface area contributed by atoms with Crippen LogP contribution in [0.1, 0.15) is 18.7 Å². The average molecular weight is 374 g/mol. The Morgan fingerprint density at radius 3 is 2.74 bits per heavy atom. The van der Waals surface area contributed by atoms with Gasteiger partial charge in [-0.25, -0.2) is 0 Å². The highest BCUT2D eigenvalue weighted by Gasteiger charge is 2.14. The summed E-state index contributed by atoms with van der Waals surface area (Å²) in [6.07, 6.45) is 0. The molecule has 0 aliphatic heterocycles. The number of halogens is 1. The summed E-state index contributed by atoms with van der Waals surface area (Å²) in [6.45, 7) is 1.83. The third-order valence-electron chi connectivity index (χ3n) is 3.44. The van der Waals surface area contributed by atoms with E-state index in [-0.39, 0.29) is 18.6 Å². The van der Waals surface area contributed by atoms with Crippen LogP contribution >= 0.6 is 15.9 Å². The smallest absolute Gasteiger partial charge is 0.258 e. The lowest BCUT2D eigenvalue weighted by molar-refractivity contribution is -0.123. The first-order chi connectivity index (χ1) is 11.1. The normalized spacial score (nSPS) is 12.1. The van der Waals surface area contributed by atoms with Crippen LogP contribution in [0.15, 0.2) is 63.5 Å². The number of rotatable bonds is 5. The van der Waals surface area contributed by atoms with Gasteiger partial charge in [0.2, 0.25) is 0 Å². The fraction of sp³-hybridized carbons (Fsp3) is 0.167. The van der Waals surface area contributed by atoms with Gasteiger partial charge in [-0.3, -0.25) is 4.79 Å². The Kier molecular flexibility index (Phi) is 4.67. The highest BCUT2D eigenvalue weighted by Crippen LogP contribution is 2.25. The maximum atomic E-state index is 12.0. The van der Waals surface area contributed by atoms with Crippen LogP contribution in [0.3, 0.4) is 0 Å². The van der Waals surface area contributed by atoms with E-state index in [1.807, 2.05) is 55.5 Å². The molecule has 0 bridgehead atoms. The van der Waals surface area contributed by atoms with Crippen LogP contribution in [0, 0.1) is 0 Å². The topological polar surface area (TPSA) is 51.5 Å². The number of carbonyl (C=O) groups excluding carboxylic acids is 1. The first-order valence-corrected chi connectivity index (χ1v) is 8.08. The zero-order valence-electron chi connectivity index (χ0n) is 12.6. The van der Waals surface area contributed by atoms with Gasteiger partial charge in [0.15, 0.2) is 6.61 Å². The van der Waals surface area contributed by atoms with Crippen LogP contribution < -0.4 is 10.1 Å². The van der Waals surface area contributed by atoms with E-state index < -0.39 is 0 Å². The molecule has 1 amide bonds. The van der Waals surface area contributed by atoms with Crippen LogP contribution in [-0.2, 0) is 4.79 Å². The Bertz CT molecular complexity index is 795. The van der Waals surface area contributed by atoms with Gasteiger partial charge < -0.3 is 14.5 Å². The predicted octanol–water partition coefficient (Wildman–Crippen LogP) is 4.45. The summed E-state index contributed by atoms with van der Waals surface area (Å²) >= 11 is 3.38. The molecule has 0 radical (unpaired) electrons. The van der Waals surface area contributed by atoms with Crippen LogP contribution in [0.25, 0.3) is 11.0 Å². The molecule has 1 atom stereocenters. The molecule has 0 spiro atoms. The first-order valence-electron chi connectivity index (χ1n) is 7.28. The average Bonchev–Trinajstić information content (AvgIpc) is 2.98. The lowest BCUT2D eigenvalue weighted by Gasteiger charge is -2.12. The minimum Gasteiger partial charge on any atom is -0.483 e. The second kappa shape index (κ2) is 6.87. The lowest BCUT2D eigenvalue weighted by atomic mass is 10.2. The highest BCUT2D eigenvalue weighted by atomic mass is 79.9. The second-order valence-electron chi connectivity index (χ2n) is 5.19. The van der Waals surface area contributed by atoms with Crippen LogP contribution in [0.4, 0.5) is 0 Å². The summed E-state index contributed by atoms with van der Waals surface area (Å²) in [5.41, 5.74) is 0.813. The van der Waals surface area contributed by atoms with E-state index in [1.54, 1.807) is 6.07 Å². The Morgan fingerprint density at radius 2 is 1.96 bits per heavy atom. The molecular weight excluding hydrogens is 358 g/mol. The molecule has 1 N–H and O–H groups in total. The second-order valence-corrected chi connectivity index (χ2v) is 6.05. The summed E-state index contributed by atoms with van der Waals surface area (Å²) < 4.78 is 12.1. The van der Waals surface area contributed by atoms with Gasteiger partial charge in [-0.15, -0.1) is 0 Å². The number of benzene rings is 2. The molecule has 118 valence electrons. The molecule has 1 heterocycles. The molecule has 1 unspecified atom stereocenters. The van der Waals surface area contributed by atoms with Crippen molar-refractivity contribution in [2.24, 2.45) is 0 Å². The molecule has 5 heteroatoms. The molecule has 2 aromatic carbocycles. The third-order valence-corrected chi connectivity index (χ3v) is 4.10. The third kappa shape index (κ3) is 3.74. The summed E-state index contributed by atoms with van der Waals surface area (Å²) in [6, 6.07) is 16.9. The standard InChI is InChI=1S/C18H16BrNO3/c1-12(17-10-13-6-2-4-8-15(13)23-17)20-18(21)11-22-16-9-5-3-7-14(16)19/h2-10,12H,11H2,1H3,(H,20,21). The largest absolute Gasteiger partial charge is 0.483 e. The quantitative estimate of drug-likeness (QED) is 0.718. The van der Waals surface area contributed by atoms with Crippen molar-refractivity contribution in [1.29, 1.82) is 0 Å². The summed E-state index contributed by atoms with van der Waals surface area (Å²) in [7, 11) is 0. The van der Waals surface area contributed by atoms with Gasteiger partial charge in [-0.1, -0.05) is 30.3 Å². The molecule has 23 heavy (non-hydrogen) atoms. The predicted molar refractivity (Wildman–Crippen MR) is 92.4 cm³/mol. The van der Waals surface area contributed by atoms with Gasteiger partial charge in [-0.05, 0) is 47.1 Å². The Balaban J connectivity index is 1.60. The van der Waals surface area contributed by atoms with E-state index in [4.69, 9.17) is 9.15 Å². The molecule has 0 aliphatic rings. The van der Waals surface area contributed by atoms with Gasteiger partial charge >= 0.3 is 0 Å². The fourth-order valence-corrected chi connectivity index (χ4v) is 2.67. The van der Waals surface area contributed by atoms with Crippen LogP contribution in [0.5, 0.6) is 5.75 Å². The number of fused-ring (bicyclic) bond motifs is 1. The zero-order valence-corrected chi connectivity index (χ0v) is 14.2. The number of para-hydroxylation sites is 2. The number of amides is 1. The number of hydrogen-bond acceptors (Lipinski definition) is 3. The van der Waals surface area contributed by atoms with Crippen molar-refractivity contribution in [2.75, 3.05) is 6.61 Å². The van der Waals surface area contributed by atoms with Gasteiger partial charge in [0.25, 0.3) is 5.91 Å². The molecule has 0 aliphatic carbocycles. The van der Waals surface area contributed by atoms with E-state index in [0.717, 1.165) is 21.2 Å². The van der Waals surface area contributed by atoms with Crippen molar-refractivity contribution in [1.82, 2.24) is 5.32 Å². The van der Waals surface area contributed by atoms with Crippen LogP contribution in [-0.4, -0.2) is 12.5 Å². The number of ether oxygens (including phenoxy) is 1. The number of furan rings is 1. The summed E-state index contributed by atoms with van der Waals surface area (Å²) in [5, 5.41) is 3.90. The minimum atomic E-state index is -0.224. The van der Waals surface area contributed by atoms with E-state index in [2.05, 4.69) is 21.2 Å².